The number of aromatic nitrogens is 2. The maximum Gasteiger partial charge on any atom is 0.161 e. The van der Waals surface area contributed by atoms with Gasteiger partial charge in [-0.05, 0) is 36.9 Å². The molecule has 1 aromatic carbocycles. The number of nitrogens with zero attached hydrogens (tertiary/aromatic N) is 2. The zero-order chi connectivity index (χ0) is 18.5. The molecule has 0 spiro atoms. The number of rotatable bonds is 2. The lowest BCUT2D eigenvalue weighted by Crippen LogP contribution is -2.28. The SMILES string of the molecule is Cc1nn(-c2ccccc2)c2c1[C@H](C)C1=C(C[C@H](c3cccs3)CC1=O)N2. The predicted molar refractivity (Wildman–Crippen MR) is 109 cm³/mol. The molecule has 4 nitrogen and oxygen atoms in total. The highest BCUT2D eigenvalue weighted by Crippen LogP contribution is 2.47. The van der Waals surface area contributed by atoms with Crippen molar-refractivity contribution < 1.29 is 4.79 Å². The van der Waals surface area contributed by atoms with Crippen LogP contribution in [0.3, 0.4) is 0 Å². The number of benzene rings is 1. The Balaban J connectivity index is 1.59. The van der Waals surface area contributed by atoms with Crippen molar-refractivity contribution in [1.29, 1.82) is 0 Å². The predicted octanol–water partition coefficient (Wildman–Crippen LogP) is 5.17. The molecular weight excluding hydrogens is 354 g/mol. The Morgan fingerprint density at radius 1 is 1.15 bits per heavy atom. The first-order valence-corrected chi connectivity index (χ1v) is 10.2. The van der Waals surface area contributed by atoms with E-state index in [1.807, 2.05) is 29.8 Å². The van der Waals surface area contributed by atoms with Gasteiger partial charge in [-0.2, -0.15) is 5.10 Å². The van der Waals surface area contributed by atoms with Crippen molar-refractivity contribution in [2.24, 2.45) is 0 Å². The summed E-state index contributed by atoms with van der Waals surface area (Å²) in [7, 11) is 0. The van der Waals surface area contributed by atoms with Gasteiger partial charge in [-0.25, -0.2) is 4.68 Å². The van der Waals surface area contributed by atoms with Crippen molar-refractivity contribution in [3.05, 3.63) is 75.2 Å². The lowest BCUT2D eigenvalue weighted by molar-refractivity contribution is -0.116. The standard InChI is InChI=1S/C22H21N3OS/c1-13-20-14(2)24-25(16-7-4-3-5-8-16)22(20)23-17-11-15(12-18(26)21(13)17)19-9-6-10-27-19/h3-10,13,15,23H,11-12H2,1-2H3/t13-,15-/m0/s1. The van der Waals surface area contributed by atoms with Crippen molar-refractivity contribution in [1.82, 2.24) is 9.78 Å². The summed E-state index contributed by atoms with van der Waals surface area (Å²) in [5.41, 5.74) is 5.17. The van der Waals surface area contributed by atoms with Crippen LogP contribution in [0, 0.1) is 6.92 Å². The fraction of sp³-hybridized carbons (Fsp3) is 0.273. The monoisotopic (exact) mass is 375 g/mol. The third kappa shape index (κ3) is 2.57. The maximum absolute atomic E-state index is 13.0. The summed E-state index contributed by atoms with van der Waals surface area (Å²) in [4.78, 5) is 14.3. The highest BCUT2D eigenvalue weighted by Gasteiger charge is 2.38. The van der Waals surface area contributed by atoms with Gasteiger partial charge in [-0.15, -0.1) is 11.3 Å². The Bertz CT molecular complexity index is 1050. The Morgan fingerprint density at radius 2 is 1.96 bits per heavy atom. The summed E-state index contributed by atoms with van der Waals surface area (Å²) < 4.78 is 1.98. The number of fused-ring (bicyclic) bond motifs is 1. The molecule has 0 bridgehead atoms. The van der Waals surface area contributed by atoms with E-state index in [1.54, 1.807) is 11.3 Å². The molecule has 1 aliphatic heterocycles. The van der Waals surface area contributed by atoms with Crippen LogP contribution in [0.5, 0.6) is 0 Å². The van der Waals surface area contributed by atoms with Crippen molar-refractivity contribution in [3.63, 3.8) is 0 Å². The molecule has 2 aromatic heterocycles. The minimum Gasteiger partial charge on any atom is -0.343 e. The van der Waals surface area contributed by atoms with Gasteiger partial charge in [0.1, 0.15) is 5.82 Å². The molecule has 3 heterocycles. The molecule has 0 unspecified atom stereocenters. The van der Waals surface area contributed by atoms with E-state index in [0.29, 0.717) is 6.42 Å². The van der Waals surface area contributed by atoms with Crippen LogP contribution >= 0.6 is 11.3 Å². The average molecular weight is 375 g/mol. The van der Waals surface area contributed by atoms with Crippen LogP contribution in [-0.2, 0) is 4.79 Å². The molecule has 2 aliphatic rings. The van der Waals surface area contributed by atoms with Crippen LogP contribution in [-0.4, -0.2) is 15.6 Å². The molecule has 136 valence electrons. The number of para-hydroxylation sites is 1. The van der Waals surface area contributed by atoms with Crippen LogP contribution in [0.15, 0.2) is 59.1 Å². The van der Waals surface area contributed by atoms with Gasteiger partial charge in [0, 0.05) is 40.0 Å². The number of thiophene rings is 1. The first-order chi connectivity index (χ1) is 13.1. The van der Waals surface area contributed by atoms with E-state index in [-0.39, 0.29) is 17.6 Å². The van der Waals surface area contributed by atoms with E-state index in [4.69, 9.17) is 5.10 Å². The summed E-state index contributed by atoms with van der Waals surface area (Å²) in [6.07, 6.45) is 1.48. The molecule has 0 amide bonds. The van der Waals surface area contributed by atoms with Crippen LogP contribution < -0.4 is 5.32 Å². The summed E-state index contributed by atoms with van der Waals surface area (Å²) >= 11 is 1.74. The third-order valence-electron chi connectivity index (χ3n) is 5.70. The summed E-state index contributed by atoms with van der Waals surface area (Å²) in [5.74, 6) is 1.62. The van der Waals surface area contributed by atoms with Crippen LogP contribution in [0.25, 0.3) is 5.69 Å². The largest absolute Gasteiger partial charge is 0.343 e. The van der Waals surface area contributed by atoms with Crippen molar-refractivity contribution in [3.8, 4) is 5.69 Å². The highest BCUT2D eigenvalue weighted by atomic mass is 32.1. The van der Waals surface area contributed by atoms with Gasteiger partial charge in [-0.3, -0.25) is 4.79 Å². The van der Waals surface area contributed by atoms with E-state index >= 15 is 0 Å². The lowest BCUT2D eigenvalue weighted by atomic mass is 9.76. The number of anilines is 1. The Kier molecular flexibility index (Phi) is 3.79. The van der Waals surface area contributed by atoms with Crippen molar-refractivity contribution in [2.75, 3.05) is 5.32 Å². The highest BCUT2D eigenvalue weighted by molar-refractivity contribution is 7.10. The fourth-order valence-corrected chi connectivity index (χ4v) is 5.33. The molecule has 0 fully saturated rings. The first kappa shape index (κ1) is 16.5. The second kappa shape index (κ2) is 6.20. The van der Waals surface area contributed by atoms with Gasteiger partial charge in [0.25, 0.3) is 0 Å². The fourth-order valence-electron chi connectivity index (χ4n) is 4.50. The minimum absolute atomic E-state index is 0.0745. The van der Waals surface area contributed by atoms with Crippen molar-refractivity contribution >= 4 is 22.9 Å². The van der Waals surface area contributed by atoms with Gasteiger partial charge in [0.05, 0.1) is 11.4 Å². The molecule has 0 saturated carbocycles. The quantitative estimate of drug-likeness (QED) is 0.672. The second-order valence-electron chi connectivity index (χ2n) is 7.38. The number of hydrogen-bond acceptors (Lipinski definition) is 4. The van der Waals surface area contributed by atoms with Crippen LogP contribution in [0.4, 0.5) is 5.82 Å². The molecule has 0 saturated heterocycles. The van der Waals surface area contributed by atoms with E-state index in [1.165, 1.54) is 4.88 Å². The molecule has 3 aromatic rings. The van der Waals surface area contributed by atoms with Crippen molar-refractivity contribution in [2.45, 2.75) is 38.5 Å². The number of carbonyl (C=O) groups excluding carboxylic acids is 1. The molecule has 1 N–H and O–H groups in total. The smallest absolute Gasteiger partial charge is 0.161 e. The van der Waals surface area contributed by atoms with E-state index in [2.05, 4.69) is 41.9 Å². The van der Waals surface area contributed by atoms with E-state index < -0.39 is 0 Å². The van der Waals surface area contributed by atoms with Gasteiger partial charge < -0.3 is 5.32 Å². The van der Waals surface area contributed by atoms with Crippen LogP contribution in [0.1, 0.15) is 47.7 Å². The summed E-state index contributed by atoms with van der Waals surface area (Å²) in [6, 6.07) is 14.4. The zero-order valence-corrected chi connectivity index (χ0v) is 16.2. The van der Waals surface area contributed by atoms with Gasteiger partial charge in [0.15, 0.2) is 5.78 Å². The van der Waals surface area contributed by atoms with Crippen LogP contribution in [0.2, 0.25) is 0 Å². The molecule has 5 heteroatoms. The average Bonchev–Trinajstić information content (AvgIpc) is 3.30. The number of carbonyl (C=O) groups is 1. The summed E-state index contributed by atoms with van der Waals surface area (Å²) in [6.45, 7) is 4.17. The second-order valence-corrected chi connectivity index (χ2v) is 8.36. The number of allylic oxidation sites excluding steroid dienone is 2. The molecule has 27 heavy (non-hydrogen) atoms. The van der Waals surface area contributed by atoms with E-state index in [0.717, 1.165) is 40.5 Å². The lowest BCUT2D eigenvalue weighted by Gasteiger charge is -2.33. The summed E-state index contributed by atoms with van der Waals surface area (Å²) in [5, 5.41) is 10.5. The van der Waals surface area contributed by atoms with Gasteiger partial charge in [0.2, 0.25) is 0 Å². The number of nitrogens with one attached hydrogen (secondary N) is 1. The third-order valence-corrected chi connectivity index (χ3v) is 6.73. The number of ketones is 1. The zero-order valence-electron chi connectivity index (χ0n) is 15.4. The maximum atomic E-state index is 13.0. The van der Waals surface area contributed by atoms with E-state index in [9.17, 15) is 4.79 Å². The molecule has 0 radical (unpaired) electrons. The molecule has 1 aliphatic carbocycles. The topological polar surface area (TPSA) is 46.9 Å². The Labute approximate surface area is 162 Å². The molecular formula is C22H21N3OS. The van der Waals surface area contributed by atoms with Gasteiger partial charge >= 0.3 is 0 Å². The minimum atomic E-state index is 0.0745. The normalized spacial score (nSPS) is 21.6. The first-order valence-electron chi connectivity index (χ1n) is 9.35. The Hall–Kier alpha value is -2.66. The number of Topliss-reactive ketones (excluding diaryl/α,β-unsaturated/α-hetero) is 1. The number of hydrogen-bond donors (Lipinski definition) is 1. The number of aryl methyl sites for hydroxylation is 1. The molecule has 5 rings (SSSR count). The Morgan fingerprint density at radius 3 is 2.70 bits per heavy atom. The molecule has 2 atom stereocenters. The van der Waals surface area contributed by atoms with Gasteiger partial charge in [-0.1, -0.05) is 31.2 Å².